The Morgan fingerprint density at radius 2 is 2.00 bits per heavy atom. The summed E-state index contributed by atoms with van der Waals surface area (Å²) < 4.78 is 5.26. The number of benzene rings is 2. The van der Waals surface area contributed by atoms with Crippen molar-refractivity contribution in [3.8, 4) is 5.75 Å². The van der Waals surface area contributed by atoms with Gasteiger partial charge in [-0.25, -0.2) is 0 Å². The van der Waals surface area contributed by atoms with Crippen LogP contribution in [0.25, 0.3) is 0 Å². The van der Waals surface area contributed by atoms with E-state index in [4.69, 9.17) is 4.74 Å². The molecule has 114 valence electrons. The molecule has 0 saturated carbocycles. The Kier molecular flexibility index (Phi) is 4.73. The number of hydrogen-bond donors (Lipinski definition) is 1. The average molecular weight is 300 g/mol. The van der Waals surface area contributed by atoms with Crippen LogP contribution >= 0.6 is 0 Å². The van der Waals surface area contributed by atoms with Gasteiger partial charge < -0.3 is 10.1 Å². The standard InChI is InChI=1S/C16H16N2O4/c1-11(19)14-9-13(7-8-15(14)18(20)21)17-10-12-5-3-4-6-16(12)22-2/h3-9,17H,10H2,1-2H3. The molecule has 0 unspecified atom stereocenters. The molecule has 0 aliphatic carbocycles. The van der Waals surface area contributed by atoms with Crippen LogP contribution in [0.5, 0.6) is 5.75 Å². The third-order valence-electron chi connectivity index (χ3n) is 3.25. The number of anilines is 1. The molecule has 2 aromatic rings. The van der Waals surface area contributed by atoms with Gasteiger partial charge >= 0.3 is 0 Å². The second kappa shape index (κ2) is 6.71. The molecule has 0 aliphatic rings. The van der Waals surface area contributed by atoms with Crippen LogP contribution in [-0.2, 0) is 6.54 Å². The van der Waals surface area contributed by atoms with Crippen molar-refractivity contribution in [3.05, 3.63) is 63.7 Å². The number of ketones is 1. The number of methoxy groups -OCH3 is 1. The van der Waals surface area contributed by atoms with E-state index in [1.165, 1.54) is 19.1 Å². The molecular formula is C16H16N2O4. The lowest BCUT2D eigenvalue weighted by atomic mass is 10.1. The third-order valence-corrected chi connectivity index (χ3v) is 3.25. The van der Waals surface area contributed by atoms with Gasteiger partial charge in [-0.15, -0.1) is 0 Å². The lowest BCUT2D eigenvalue weighted by Gasteiger charge is -2.11. The fourth-order valence-corrected chi connectivity index (χ4v) is 2.13. The summed E-state index contributed by atoms with van der Waals surface area (Å²) in [5.74, 6) is 0.413. The summed E-state index contributed by atoms with van der Waals surface area (Å²) in [7, 11) is 1.60. The molecule has 0 radical (unpaired) electrons. The lowest BCUT2D eigenvalue weighted by Crippen LogP contribution is -2.05. The van der Waals surface area contributed by atoms with Crippen molar-refractivity contribution < 1.29 is 14.5 Å². The zero-order valence-corrected chi connectivity index (χ0v) is 12.3. The number of hydrogen-bond acceptors (Lipinski definition) is 5. The first-order valence-electron chi connectivity index (χ1n) is 6.68. The van der Waals surface area contributed by atoms with E-state index in [1.54, 1.807) is 13.2 Å². The van der Waals surface area contributed by atoms with Crippen molar-refractivity contribution in [1.82, 2.24) is 0 Å². The summed E-state index contributed by atoms with van der Waals surface area (Å²) in [6.45, 7) is 1.80. The molecule has 0 spiro atoms. The average Bonchev–Trinajstić information content (AvgIpc) is 2.52. The van der Waals surface area contributed by atoms with Crippen LogP contribution in [0.3, 0.4) is 0 Å². The van der Waals surface area contributed by atoms with E-state index >= 15 is 0 Å². The minimum atomic E-state index is -0.555. The highest BCUT2D eigenvalue weighted by molar-refractivity contribution is 5.99. The van der Waals surface area contributed by atoms with Gasteiger partial charge in [0.05, 0.1) is 17.6 Å². The molecular weight excluding hydrogens is 284 g/mol. The summed E-state index contributed by atoms with van der Waals surface area (Å²) in [5.41, 5.74) is 1.50. The number of Topliss-reactive ketones (excluding diaryl/α,β-unsaturated/α-hetero) is 1. The van der Waals surface area contributed by atoms with Crippen molar-refractivity contribution in [3.63, 3.8) is 0 Å². The Hall–Kier alpha value is -2.89. The third kappa shape index (κ3) is 3.41. The van der Waals surface area contributed by atoms with Gasteiger partial charge in [-0.2, -0.15) is 0 Å². The van der Waals surface area contributed by atoms with Gasteiger partial charge in [0.1, 0.15) is 5.75 Å². The van der Waals surface area contributed by atoms with E-state index in [0.29, 0.717) is 12.2 Å². The largest absolute Gasteiger partial charge is 0.496 e. The first-order chi connectivity index (χ1) is 10.5. The molecule has 1 N–H and O–H groups in total. The highest BCUT2D eigenvalue weighted by atomic mass is 16.6. The Bertz CT molecular complexity index is 713. The van der Waals surface area contributed by atoms with Crippen LogP contribution in [0.15, 0.2) is 42.5 Å². The number of nitro groups is 1. The van der Waals surface area contributed by atoms with Crippen molar-refractivity contribution in [2.24, 2.45) is 0 Å². The summed E-state index contributed by atoms with van der Waals surface area (Å²) in [4.78, 5) is 21.9. The summed E-state index contributed by atoms with van der Waals surface area (Å²) in [5, 5.41) is 14.1. The van der Waals surface area contributed by atoms with Crippen molar-refractivity contribution in [2.45, 2.75) is 13.5 Å². The number of carbonyl (C=O) groups excluding carboxylic acids is 1. The van der Waals surface area contributed by atoms with Gasteiger partial charge in [0.25, 0.3) is 5.69 Å². The maximum atomic E-state index is 11.5. The molecule has 0 bridgehead atoms. The molecule has 2 aromatic carbocycles. The lowest BCUT2D eigenvalue weighted by molar-refractivity contribution is -0.385. The van der Waals surface area contributed by atoms with E-state index in [0.717, 1.165) is 11.3 Å². The normalized spacial score (nSPS) is 10.1. The van der Waals surface area contributed by atoms with E-state index in [9.17, 15) is 14.9 Å². The van der Waals surface area contributed by atoms with Crippen LogP contribution in [0.4, 0.5) is 11.4 Å². The molecule has 0 aromatic heterocycles. The minimum absolute atomic E-state index is 0.0926. The quantitative estimate of drug-likeness (QED) is 0.502. The number of rotatable bonds is 6. The van der Waals surface area contributed by atoms with Gasteiger partial charge in [0.15, 0.2) is 5.78 Å². The van der Waals surface area contributed by atoms with Crippen LogP contribution in [-0.4, -0.2) is 17.8 Å². The number of nitrogens with one attached hydrogen (secondary N) is 1. The highest BCUT2D eigenvalue weighted by Gasteiger charge is 2.17. The molecule has 6 heteroatoms. The molecule has 0 atom stereocenters. The van der Waals surface area contributed by atoms with E-state index < -0.39 is 4.92 Å². The first kappa shape index (κ1) is 15.5. The number of nitrogens with zero attached hydrogens (tertiary/aromatic N) is 1. The zero-order chi connectivity index (χ0) is 16.1. The maximum absolute atomic E-state index is 11.5. The van der Waals surface area contributed by atoms with Crippen molar-refractivity contribution in [1.29, 1.82) is 0 Å². The molecule has 0 amide bonds. The monoisotopic (exact) mass is 300 g/mol. The molecule has 22 heavy (non-hydrogen) atoms. The van der Waals surface area contributed by atoms with Crippen LogP contribution in [0, 0.1) is 10.1 Å². The second-order valence-corrected chi connectivity index (χ2v) is 4.71. The Balaban J connectivity index is 2.22. The number of nitro benzene ring substituents is 1. The molecule has 0 aliphatic heterocycles. The van der Waals surface area contributed by atoms with Gasteiger partial charge in [0, 0.05) is 23.9 Å². The van der Waals surface area contributed by atoms with Crippen molar-refractivity contribution >= 4 is 17.2 Å². The highest BCUT2D eigenvalue weighted by Crippen LogP contribution is 2.24. The second-order valence-electron chi connectivity index (χ2n) is 4.71. The predicted molar refractivity (Wildman–Crippen MR) is 83.4 cm³/mol. The van der Waals surface area contributed by atoms with Crippen LogP contribution in [0.2, 0.25) is 0 Å². The first-order valence-corrected chi connectivity index (χ1v) is 6.68. The molecule has 0 heterocycles. The number of para-hydroxylation sites is 1. The van der Waals surface area contributed by atoms with Gasteiger partial charge in [-0.1, -0.05) is 18.2 Å². The smallest absolute Gasteiger partial charge is 0.280 e. The number of carbonyl (C=O) groups is 1. The Morgan fingerprint density at radius 1 is 1.27 bits per heavy atom. The van der Waals surface area contributed by atoms with Crippen LogP contribution < -0.4 is 10.1 Å². The van der Waals surface area contributed by atoms with E-state index in [-0.39, 0.29) is 17.0 Å². The van der Waals surface area contributed by atoms with Gasteiger partial charge in [-0.05, 0) is 25.1 Å². The Labute approximate surface area is 127 Å². The van der Waals surface area contributed by atoms with Gasteiger partial charge in [-0.3, -0.25) is 14.9 Å². The summed E-state index contributed by atoms with van der Waals surface area (Å²) >= 11 is 0. The molecule has 0 fully saturated rings. The topological polar surface area (TPSA) is 81.5 Å². The molecule has 6 nitrogen and oxygen atoms in total. The van der Waals surface area contributed by atoms with Crippen molar-refractivity contribution in [2.75, 3.05) is 12.4 Å². The summed E-state index contributed by atoms with van der Waals surface area (Å²) in [6, 6.07) is 12.0. The van der Waals surface area contributed by atoms with E-state index in [1.807, 2.05) is 24.3 Å². The zero-order valence-electron chi connectivity index (χ0n) is 12.3. The Morgan fingerprint density at radius 3 is 2.64 bits per heavy atom. The fraction of sp³-hybridized carbons (Fsp3) is 0.188. The molecule has 2 rings (SSSR count). The van der Waals surface area contributed by atoms with Crippen LogP contribution in [0.1, 0.15) is 22.8 Å². The predicted octanol–water partition coefficient (Wildman–Crippen LogP) is 3.42. The maximum Gasteiger partial charge on any atom is 0.280 e. The number of ether oxygens (including phenoxy) is 1. The van der Waals surface area contributed by atoms with E-state index in [2.05, 4.69) is 5.32 Å². The fourth-order valence-electron chi connectivity index (χ4n) is 2.13. The SMILES string of the molecule is COc1ccccc1CNc1ccc([N+](=O)[O-])c(C(C)=O)c1. The summed E-state index contributed by atoms with van der Waals surface area (Å²) in [6.07, 6.45) is 0. The minimum Gasteiger partial charge on any atom is -0.496 e. The van der Waals surface area contributed by atoms with Gasteiger partial charge in [0.2, 0.25) is 0 Å². The molecule has 0 saturated heterocycles.